The fourth-order valence-electron chi connectivity index (χ4n) is 9.50. The lowest BCUT2D eigenvalue weighted by atomic mass is 9.42. The highest BCUT2D eigenvalue weighted by Crippen LogP contribution is 2.76. The molecule has 5 fully saturated rings. The van der Waals surface area contributed by atoms with Gasteiger partial charge in [-0.2, -0.15) is 0 Å². The number of rotatable bonds is 4. The summed E-state index contributed by atoms with van der Waals surface area (Å²) in [5, 5.41) is 33.4. The van der Waals surface area contributed by atoms with Crippen molar-refractivity contribution in [3.8, 4) is 0 Å². The maximum absolute atomic E-state index is 11.7. The molecule has 176 valence electrons. The molecule has 3 N–H and O–H groups in total. The zero-order valence-corrected chi connectivity index (χ0v) is 20.2. The van der Waals surface area contributed by atoms with Crippen LogP contribution in [0.15, 0.2) is 11.6 Å². The summed E-state index contributed by atoms with van der Waals surface area (Å²) in [7, 11) is 0. The number of hydrogen-bond donors (Lipinski definition) is 3. The summed E-state index contributed by atoms with van der Waals surface area (Å²) in [6, 6.07) is 0. The van der Waals surface area contributed by atoms with Crippen LogP contribution in [0.2, 0.25) is 0 Å². The van der Waals surface area contributed by atoms with Gasteiger partial charge in [0.25, 0.3) is 0 Å². The van der Waals surface area contributed by atoms with Crippen LogP contribution in [-0.4, -0.2) is 44.8 Å². The molecule has 4 nitrogen and oxygen atoms in total. The summed E-state index contributed by atoms with van der Waals surface area (Å²) in [5.41, 5.74) is -0.207. The van der Waals surface area contributed by atoms with E-state index in [0.29, 0.717) is 24.2 Å². The minimum atomic E-state index is -1.23. The van der Waals surface area contributed by atoms with Gasteiger partial charge in [-0.25, -0.2) is 0 Å². The van der Waals surface area contributed by atoms with E-state index in [1.165, 1.54) is 37.7 Å². The summed E-state index contributed by atoms with van der Waals surface area (Å²) < 4.78 is 6.56. The van der Waals surface area contributed by atoms with Crippen LogP contribution in [-0.2, 0) is 4.74 Å². The van der Waals surface area contributed by atoms with Crippen LogP contribution in [0.1, 0.15) is 92.4 Å². The molecule has 5 rings (SSSR count). The van der Waals surface area contributed by atoms with Gasteiger partial charge in [0.2, 0.25) is 0 Å². The SMILES string of the molecule is CC(C)=CCCC(C)C1CCC2C1(C)CCC1C23OC3C(O)C2(O)CC(O)CCC12C. The number of ether oxygens (including phenoxy) is 1. The van der Waals surface area contributed by atoms with Crippen molar-refractivity contribution in [2.75, 3.05) is 0 Å². The predicted molar refractivity (Wildman–Crippen MR) is 121 cm³/mol. The fourth-order valence-corrected chi connectivity index (χ4v) is 9.50. The van der Waals surface area contributed by atoms with Crippen molar-refractivity contribution in [2.45, 2.75) is 122 Å². The first-order valence-corrected chi connectivity index (χ1v) is 12.9. The van der Waals surface area contributed by atoms with Crippen LogP contribution in [0, 0.1) is 34.5 Å². The van der Waals surface area contributed by atoms with Crippen LogP contribution in [0.5, 0.6) is 0 Å². The summed E-state index contributed by atoms with van der Waals surface area (Å²) in [6.45, 7) is 11.5. The third-order valence-electron chi connectivity index (χ3n) is 11.1. The van der Waals surface area contributed by atoms with Crippen molar-refractivity contribution in [3.63, 3.8) is 0 Å². The predicted octanol–water partition coefficient (Wildman–Crippen LogP) is 4.61. The molecular formula is C27H44O4. The van der Waals surface area contributed by atoms with Gasteiger partial charge in [0.05, 0.1) is 6.10 Å². The van der Waals surface area contributed by atoms with Gasteiger partial charge < -0.3 is 20.1 Å². The molecule has 0 amide bonds. The number of aliphatic hydroxyl groups excluding tert-OH is 2. The molecule has 31 heavy (non-hydrogen) atoms. The average Bonchev–Trinajstić information content (AvgIpc) is 3.30. The van der Waals surface area contributed by atoms with Crippen molar-refractivity contribution in [2.24, 2.45) is 34.5 Å². The maximum Gasteiger partial charge on any atom is 0.117 e. The van der Waals surface area contributed by atoms with Gasteiger partial charge in [0.1, 0.15) is 23.4 Å². The van der Waals surface area contributed by atoms with Gasteiger partial charge in [-0.05, 0) is 94.3 Å². The van der Waals surface area contributed by atoms with E-state index in [0.717, 1.165) is 12.8 Å². The monoisotopic (exact) mass is 432 g/mol. The molecule has 1 spiro atoms. The minimum Gasteiger partial charge on any atom is -0.393 e. The molecular weight excluding hydrogens is 388 g/mol. The van der Waals surface area contributed by atoms with E-state index in [-0.39, 0.29) is 34.9 Å². The smallest absolute Gasteiger partial charge is 0.117 e. The molecule has 0 bridgehead atoms. The fraction of sp³-hybridized carbons (Fsp3) is 0.926. The Morgan fingerprint density at radius 1 is 1.06 bits per heavy atom. The molecule has 0 aromatic carbocycles. The summed E-state index contributed by atoms with van der Waals surface area (Å²) in [5.74, 6) is 2.16. The standard InChI is InChI=1S/C27H44O4/c1-16(2)7-6-8-17(3)19-9-10-20-24(19,4)13-12-21-25(5)14-11-18(28)15-26(25,30)22(29)23-27(20,21)31-23/h7,17-23,28-30H,6,8-15H2,1-5H3. The highest BCUT2D eigenvalue weighted by molar-refractivity contribution is 5.32. The second-order valence-corrected chi connectivity index (χ2v) is 12.7. The average molecular weight is 433 g/mol. The topological polar surface area (TPSA) is 73.2 Å². The van der Waals surface area contributed by atoms with Crippen molar-refractivity contribution in [1.82, 2.24) is 0 Å². The van der Waals surface area contributed by atoms with E-state index in [4.69, 9.17) is 4.74 Å². The zero-order chi connectivity index (χ0) is 22.4. The van der Waals surface area contributed by atoms with Crippen LogP contribution >= 0.6 is 0 Å². The van der Waals surface area contributed by atoms with Crippen molar-refractivity contribution < 1.29 is 20.1 Å². The van der Waals surface area contributed by atoms with Gasteiger partial charge in [-0.1, -0.05) is 32.4 Å². The van der Waals surface area contributed by atoms with Gasteiger partial charge in [-0.3, -0.25) is 0 Å². The molecule has 4 aliphatic carbocycles. The highest BCUT2D eigenvalue weighted by atomic mass is 16.6. The largest absolute Gasteiger partial charge is 0.393 e. The maximum atomic E-state index is 11.7. The molecule has 0 aromatic heterocycles. The molecule has 5 aliphatic rings. The third kappa shape index (κ3) is 2.80. The molecule has 1 heterocycles. The Kier molecular flexibility index (Phi) is 5.08. The second kappa shape index (κ2) is 7.04. The molecule has 4 heteroatoms. The lowest BCUT2D eigenvalue weighted by molar-refractivity contribution is -0.246. The summed E-state index contributed by atoms with van der Waals surface area (Å²) in [6.07, 6.45) is 9.60. The first-order chi connectivity index (χ1) is 14.5. The molecule has 0 radical (unpaired) electrons. The molecule has 11 unspecified atom stereocenters. The molecule has 0 aromatic rings. The number of allylic oxidation sites excluding steroid dienone is 2. The third-order valence-corrected chi connectivity index (χ3v) is 11.1. The lowest BCUT2D eigenvalue weighted by Gasteiger charge is -2.63. The highest BCUT2D eigenvalue weighted by Gasteiger charge is 2.84. The van der Waals surface area contributed by atoms with Crippen LogP contribution in [0.25, 0.3) is 0 Å². The van der Waals surface area contributed by atoms with Crippen molar-refractivity contribution in [1.29, 1.82) is 0 Å². The lowest BCUT2D eigenvalue weighted by Crippen LogP contribution is -2.72. The van der Waals surface area contributed by atoms with Crippen LogP contribution in [0.4, 0.5) is 0 Å². The van der Waals surface area contributed by atoms with Gasteiger partial charge in [0, 0.05) is 11.8 Å². The second-order valence-electron chi connectivity index (χ2n) is 12.7. The zero-order valence-electron chi connectivity index (χ0n) is 20.2. The van der Waals surface area contributed by atoms with E-state index in [2.05, 4.69) is 40.7 Å². The number of epoxide rings is 1. The van der Waals surface area contributed by atoms with E-state index >= 15 is 0 Å². The Morgan fingerprint density at radius 2 is 1.81 bits per heavy atom. The number of hydrogen-bond acceptors (Lipinski definition) is 4. The van der Waals surface area contributed by atoms with E-state index < -0.39 is 17.8 Å². The van der Waals surface area contributed by atoms with Crippen LogP contribution in [0.3, 0.4) is 0 Å². The molecule has 4 saturated carbocycles. The first kappa shape index (κ1) is 22.4. The Balaban J connectivity index is 1.43. The summed E-state index contributed by atoms with van der Waals surface area (Å²) in [4.78, 5) is 0. The van der Waals surface area contributed by atoms with Crippen LogP contribution < -0.4 is 0 Å². The Hall–Kier alpha value is -0.420. The van der Waals surface area contributed by atoms with E-state index in [1.54, 1.807) is 0 Å². The number of aliphatic hydroxyl groups is 3. The Labute approximate surface area is 188 Å². The molecule has 11 atom stereocenters. The van der Waals surface area contributed by atoms with Gasteiger partial charge in [-0.15, -0.1) is 0 Å². The number of fused-ring (bicyclic) bond motifs is 3. The normalized spacial score (nSPS) is 56.0. The quantitative estimate of drug-likeness (QED) is 0.448. The van der Waals surface area contributed by atoms with Gasteiger partial charge >= 0.3 is 0 Å². The van der Waals surface area contributed by atoms with Crippen molar-refractivity contribution in [3.05, 3.63) is 11.6 Å². The first-order valence-electron chi connectivity index (χ1n) is 12.9. The molecule has 1 aliphatic heterocycles. The van der Waals surface area contributed by atoms with E-state index in [9.17, 15) is 15.3 Å². The van der Waals surface area contributed by atoms with Gasteiger partial charge in [0.15, 0.2) is 0 Å². The van der Waals surface area contributed by atoms with E-state index in [1.807, 2.05) is 0 Å². The molecule has 1 saturated heterocycles. The Morgan fingerprint density at radius 3 is 2.52 bits per heavy atom. The minimum absolute atomic E-state index is 0.259. The Bertz CT molecular complexity index is 760. The van der Waals surface area contributed by atoms with Crippen molar-refractivity contribution >= 4 is 0 Å². The summed E-state index contributed by atoms with van der Waals surface area (Å²) >= 11 is 0.